The molecule has 1 aliphatic carbocycles. The second-order valence-electron chi connectivity index (χ2n) is 6.84. The quantitative estimate of drug-likeness (QED) is 0.865. The number of fused-ring (bicyclic) bond motifs is 1. The number of nitriles is 1. The Hall–Kier alpha value is -2.78. The average Bonchev–Trinajstić information content (AvgIpc) is 2.53. The molecule has 1 aliphatic rings. The number of carbonyl (C=O) groups is 1. The third-order valence-electron chi connectivity index (χ3n) is 5.00. The number of aromatic amines is 1. The smallest absolute Gasteiger partial charge is 0.266 e. The van der Waals surface area contributed by atoms with Gasteiger partial charge in [0.25, 0.3) is 5.56 Å². The number of pyridine rings is 2. The zero-order valence-corrected chi connectivity index (χ0v) is 14.3. The summed E-state index contributed by atoms with van der Waals surface area (Å²) in [5.41, 5.74) is 0.775. The fourth-order valence-corrected chi connectivity index (χ4v) is 4.11. The standard InChI is InChI=1S/C19H19N3O3/c1-10-15-13(14(8-20)18(24)22-10)7-19(3,25)17(11(2)23)16(15)12-5-4-6-21-9-12/h4-6,9,16-17,25H,7H2,1-3H3,(H,22,24)/t16-,17+,19-/m0/s1. The minimum absolute atomic E-state index is 0.00299. The summed E-state index contributed by atoms with van der Waals surface area (Å²) >= 11 is 0. The summed E-state index contributed by atoms with van der Waals surface area (Å²) in [6.07, 6.45) is 3.37. The number of ketones is 1. The van der Waals surface area contributed by atoms with E-state index in [9.17, 15) is 20.0 Å². The Labute approximate surface area is 145 Å². The third kappa shape index (κ3) is 2.67. The van der Waals surface area contributed by atoms with Crippen molar-refractivity contribution in [2.24, 2.45) is 5.92 Å². The van der Waals surface area contributed by atoms with Crippen LogP contribution in [0.4, 0.5) is 0 Å². The highest BCUT2D eigenvalue weighted by Gasteiger charge is 2.48. The van der Waals surface area contributed by atoms with E-state index in [2.05, 4.69) is 9.97 Å². The van der Waals surface area contributed by atoms with Gasteiger partial charge >= 0.3 is 0 Å². The number of H-pyrrole nitrogens is 1. The highest BCUT2D eigenvalue weighted by atomic mass is 16.3. The minimum atomic E-state index is -1.37. The van der Waals surface area contributed by atoms with Crippen LogP contribution in [0.15, 0.2) is 29.3 Å². The van der Waals surface area contributed by atoms with Gasteiger partial charge in [-0.1, -0.05) is 6.07 Å². The zero-order chi connectivity index (χ0) is 18.4. The van der Waals surface area contributed by atoms with Crippen LogP contribution in [0.3, 0.4) is 0 Å². The molecule has 2 aromatic rings. The van der Waals surface area contributed by atoms with Crippen LogP contribution in [0.2, 0.25) is 0 Å². The second kappa shape index (κ2) is 5.94. The van der Waals surface area contributed by atoms with E-state index in [1.54, 1.807) is 32.3 Å². The van der Waals surface area contributed by atoms with E-state index in [4.69, 9.17) is 0 Å². The van der Waals surface area contributed by atoms with Gasteiger partial charge in [-0.25, -0.2) is 0 Å². The summed E-state index contributed by atoms with van der Waals surface area (Å²) in [5.74, 6) is -1.32. The first-order valence-corrected chi connectivity index (χ1v) is 8.06. The molecule has 2 heterocycles. The van der Waals surface area contributed by atoms with Crippen LogP contribution in [0.1, 0.15) is 47.7 Å². The van der Waals surface area contributed by atoms with Crippen LogP contribution in [-0.2, 0) is 11.2 Å². The highest BCUT2D eigenvalue weighted by Crippen LogP contribution is 2.47. The van der Waals surface area contributed by atoms with Crippen molar-refractivity contribution in [1.29, 1.82) is 5.26 Å². The molecule has 0 unspecified atom stereocenters. The molecule has 0 spiro atoms. The van der Waals surface area contributed by atoms with Crippen molar-refractivity contribution < 1.29 is 9.90 Å². The van der Waals surface area contributed by atoms with Crippen molar-refractivity contribution in [3.63, 3.8) is 0 Å². The first-order valence-electron chi connectivity index (χ1n) is 8.06. The van der Waals surface area contributed by atoms with Gasteiger partial charge in [0.05, 0.1) is 11.5 Å². The molecular weight excluding hydrogens is 318 g/mol. The molecule has 0 saturated carbocycles. The number of hydrogen-bond donors (Lipinski definition) is 2. The van der Waals surface area contributed by atoms with E-state index in [1.807, 2.05) is 12.1 Å². The molecule has 0 bridgehead atoms. The molecule has 2 aromatic heterocycles. The Balaban J connectivity index is 2.41. The predicted octanol–water partition coefficient (Wildman–Crippen LogP) is 1.59. The zero-order valence-electron chi connectivity index (χ0n) is 14.3. The monoisotopic (exact) mass is 337 g/mol. The van der Waals surface area contributed by atoms with Crippen molar-refractivity contribution in [1.82, 2.24) is 9.97 Å². The molecule has 0 fully saturated rings. The summed E-state index contributed by atoms with van der Waals surface area (Å²) in [4.78, 5) is 31.4. The lowest BCUT2D eigenvalue weighted by Crippen LogP contribution is -2.49. The molecule has 6 heteroatoms. The lowest BCUT2D eigenvalue weighted by atomic mass is 9.62. The molecule has 128 valence electrons. The summed E-state index contributed by atoms with van der Waals surface area (Å²) in [5, 5.41) is 20.5. The lowest BCUT2D eigenvalue weighted by Gasteiger charge is -2.43. The number of aryl methyl sites for hydroxylation is 1. The molecule has 25 heavy (non-hydrogen) atoms. The molecule has 0 saturated heterocycles. The van der Waals surface area contributed by atoms with Crippen molar-refractivity contribution in [2.75, 3.05) is 0 Å². The number of rotatable bonds is 2. The Bertz CT molecular complexity index is 939. The van der Waals surface area contributed by atoms with Gasteiger partial charge in [-0.15, -0.1) is 0 Å². The van der Waals surface area contributed by atoms with Gasteiger partial charge in [-0.05, 0) is 43.5 Å². The van der Waals surface area contributed by atoms with Crippen molar-refractivity contribution in [2.45, 2.75) is 38.7 Å². The van der Waals surface area contributed by atoms with Gasteiger partial charge in [0.1, 0.15) is 17.4 Å². The number of aromatic nitrogens is 2. The van der Waals surface area contributed by atoms with Crippen LogP contribution < -0.4 is 5.56 Å². The fraction of sp³-hybridized carbons (Fsp3) is 0.368. The van der Waals surface area contributed by atoms with E-state index >= 15 is 0 Å². The maximum atomic E-state index is 12.4. The van der Waals surface area contributed by atoms with Crippen LogP contribution in [0, 0.1) is 24.2 Å². The Morgan fingerprint density at radius 3 is 2.80 bits per heavy atom. The lowest BCUT2D eigenvalue weighted by molar-refractivity contribution is -0.130. The highest BCUT2D eigenvalue weighted by molar-refractivity contribution is 5.82. The molecular formula is C19H19N3O3. The van der Waals surface area contributed by atoms with Crippen molar-refractivity contribution >= 4 is 5.78 Å². The molecule has 0 aromatic carbocycles. The van der Waals surface area contributed by atoms with Crippen LogP contribution >= 0.6 is 0 Å². The third-order valence-corrected chi connectivity index (χ3v) is 5.00. The van der Waals surface area contributed by atoms with Gasteiger partial charge in [0.15, 0.2) is 0 Å². The molecule has 0 radical (unpaired) electrons. The molecule has 6 nitrogen and oxygen atoms in total. The second-order valence-corrected chi connectivity index (χ2v) is 6.84. The Kier molecular flexibility index (Phi) is 4.05. The maximum absolute atomic E-state index is 12.4. The van der Waals surface area contributed by atoms with Gasteiger partial charge in [-0.3, -0.25) is 14.6 Å². The number of nitrogens with zero attached hydrogens (tertiary/aromatic N) is 2. The average molecular weight is 337 g/mol. The summed E-state index contributed by atoms with van der Waals surface area (Å²) in [6, 6.07) is 5.56. The SMILES string of the molecule is CC(=O)[C@@H]1[C@@H](c2cccnc2)c2c(C)[nH]c(=O)c(C#N)c2C[C@]1(C)O. The number of hydrogen-bond acceptors (Lipinski definition) is 5. The van der Waals surface area contributed by atoms with Crippen molar-refractivity contribution in [3.05, 3.63) is 62.8 Å². The van der Waals surface area contributed by atoms with Gasteiger partial charge < -0.3 is 10.1 Å². The van der Waals surface area contributed by atoms with Gasteiger partial charge in [0.2, 0.25) is 0 Å². The van der Waals surface area contributed by atoms with Gasteiger partial charge in [-0.2, -0.15) is 5.26 Å². The summed E-state index contributed by atoms with van der Waals surface area (Å²) < 4.78 is 0. The number of Topliss-reactive ketones (excluding diaryl/α,β-unsaturated/α-hetero) is 1. The van der Waals surface area contributed by atoms with E-state index in [-0.39, 0.29) is 17.8 Å². The fourth-order valence-electron chi connectivity index (χ4n) is 4.11. The normalized spacial score (nSPS) is 25.1. The summed E-state index contributed by atoms with van der Waals surface area (Å²) in [6.45, 7) is 4.80. The largest absolute Gasteiger partial charge is 0.389 e. The van der Waals surface area contributed by atoms with Crippen LogP contribution in [-0.4, -0.2) is 26.5 Å². The Morgan fingerprint density at radius 1 is 1.52 bits per heavy atom. The molecule has 0 aliphatic heterocycles. The van der Waals surface area contributed by atoms with E-state index in [0.717, 1.165) is 11.1 Å². The molecule has 3 atom stereocenters. The minimum Gasteiger partial charge on any atom is -0.389 e. The molecule has 3 rings (SSSR count). The number of aliphatic hydroxyl groups is 1. The van der Waals surface area contributed by atoms with E-state index in [0.29, 0.717) is 11.3 Å². The molecule has 2 N–H and O–H groups in total. The van der Waals surface area contributed by atoms with Crippen molar-refractivity contribution in [3.8, 4) is 6.07 Å². The van der Waals surface area contributed by atoms with Crippen LogP contribution in [0.25, 0.3) is 0 Å². The number of carbonyl (C=O) groups excluding carboxylic acids is 1. The van der Waals surface area contributed by atoms with E-state index < -0.39 is 23.0 Å². The molecule has 0 amide bonds. The van der Waals surface area contributed by atoms with Gasteiger partial charge in [0, 0.05) is 30.4 Å². The first kappa shape index (κ1) is 17.1. The maximum Gasteiger partial charge on any atom is 0.266 e. The van der Waals surface area contributed by atoms with E-state index in [1.165, 1.54) is 6.92 Å². The van der Waals surface area contributed by atoms with Crippen LogP contribution in [0.5, 0.6) is 0 Å². The summed E-state index contributed by atoms with van der Waals surface area (Å²) in [7, 11) is 0. The first-order chi connectivity index (χ1) is 11.8. The number of nitrogens with one attached hydrogen (secondary N) is 1. The topological polar surface area (TPSA) is 107 Å². The Morgan fingerprint density at radius 2 is 2.24 bits per heavy atom. The predicted molar refractivity (Wildman–Crippen MR) is 91.1 cm³/mol.